The van der Waals surface area contributed by atoms with E-state index in [1.165, 1.54) is 0 Å². The van der Waals surface area contributed by atoms with Gasteiger partial charge in [0.25, 0.3) is 5.91 Å². The van der Waals surface area contributed by atoms with Gasteiger partial charge in [-0.2, -0.15) is 0 Å². The lowest BCUT2D eigenvalue weighted by atomic mass is 10.0. The highest BCUT2D eigenvalue weighted by Gasteiger charge is 2.19. The molecule has 0 radical (unpaired) electrons. The number of sulfonamides is 1. The summed E-state index contributed by atoms with van der Waals surface area (Å²) < 4.78 is 36.1. The minimum atomic E-state index is -3.32. The molecule has 1 saturated heterocycles. The number of piperidine rings is 1. The van der Waals surface area contributed by atoms with Crippen LogP contribution in [0.3, 0.4) is 0 Å². The average molecular weight is 602 g/mol. The topological polar surface area (TPSA) is 122 Å². The van der Waals surface area contributed by atoms with Crippen molar-refractivity contribution in [3.8, 4) is 17.4 Å². The van der Waals surface area contributed by atoms with Gasteiger partial charge in [0, 0.05) is 60.6 Å². The van der Waals surface area contributed by atoms with Crippen molar-refractivity contribution in [2.24, 2.45) is 0 Å². The van der Waals surface area contributed by atoms with Crippen LogP contribution in [0, 0.1) is 0 Å². The lowest BCUT2D eigenvalue weighted by molar-refractivity contribution is 0.102. The summed E-state index contributed by atoms with van der Waals surface area (Å²) in [5.74, 6) is 1.63. The first kappa shape index (κ1) is 29.9. The van der Waals surface area contributed by atoms with E-state index >= 15 is 0 Å². The third-order valence-electron chi connectivity index (χ3n) is 7.04. The summed E-state index contributed by atoms with van der Waals surface area (Å²) >= 11 is 0. The fourth-order valence-corrected chi connectivity index (χ4v) is 5.38. The molecule has 224 valence electrons. The molecule has 1 fully saturated rings. The second kappa shape index (κ2) is 13.6. The normalized spacial score (nSPS) is 14.1. The van der Waals surface area contributed by atoms with Crippen LogP contribution in [0.1, 0.15) is 28.8 Å². The van der Waals surface area contributed by atoms with Crippen molar-refractivity contribution in [2.75, 3.05) is 41.8 Å². The predicted octanol–water partition coefficient (Wildman–Crippen LogP) is 5.58. The van der Waals surface area contributed by atoms with Gasteiger partial charge in [0.05, 0.1) is 13.4 Å². The minimum Gasteiger partial charge on any atom is -0.497 e. The number of benzene rings is 3. The molecule has 10 nitrogen and oxygen atoms in total. The summed E-state index contributed by atoms with van der Waals surface area (Å²) in [7, 11) is -1.71. The molecule has 0 bridgehead atoms. The van der Waals surface area contributed by atoms with Crippen LogP contribution in [0.5, 0.6) is 17.4 Å². The molecule has 1 amide bonds. The Morgan fingerprint density at radius 1 is 0.860 bits per heavy atom. The number of amides is 1. The quantitative estimate of drug-likeness (QED) is 0.204. The largest absolute Gasteiger partial charge is 0.497 e. The van der Waals surface area contributed by atoms with Gasteiger partial charge in [-0.25, -0.2) is 13.4 Å². The van der Waals surface area contributed by atoms with Crippen molar-refractivity contribution >= 4 is 33.0 Å². The number of anilines is 3. The summed E-state index contributed by atoms with van der Waals surface area (Å²) in [6, 6.07) is 25.7. The van der Waals surface area contributed by atoms with Gasteiger partial charge in [-0.3, -0.25) is 14.4 Å². The molecule has 1 aromatic heterocycles. The van der Waals surface area contributed by atoms with E-state index in [1.54, 1.807) is 31.4 Å². The van der Waals surface area contributed by atoms with Crippen molar-refractivity contribution < 1.29 is 22.7 Å². The van der Waals surface area contributed by atoms with Crippen LogP contribution < -0.4 is 24.8 Å². The fourth-order valence-electron chi connectivity index (χ4n) is 4.82. The Bertz CT molecular complexity index is 1600. The smallest absolute Gasteiger partial charge is 0.255 e. The van der Waals surface area contributed by atoms with E-state index in [9.17, 15) is 13.2 Å². The number of hydrogen-bond acceptors (Lipinski definition) is 8. The molecule has 5 rings (SSSR count). The summed E-state index contributed by atoms with van der Waals surface area (Å²) in [5.41, 5.74) is 3.89. The Hall–Kier alpha value is -4.61. The molecule has 2 heterocycles. The standard InChI is InChI=1S/C32H35N5O5S/c1-41-29-12-8-26(9-13-29)35-32(38)24-4-6-25(7-5-24)34-27-17-19-37(20-18-27)22-23-3-16-31(33-21-23)42-30-14-10-28(11-15-30)36-43(2,39)40/h3-16,21,27,34,36H,17-20,22H2,1-2H3,(H,35,38). The van der Waals surface area contributed by atoms with Crippen LogP contribution in [0.2, 0.25) is 0 Å². The van der Waals surface area contributed by atoms with Crippen molar-refractivity contribution in [2.45, 2.75) is 25.4 Å². The number of methoxy groups -OCH3 is 1. The maximum atomic E-state index is 12.6. The summed E-state index contributed by atoms with van der Waals surface area (Å²) in [4.78, 5) is 19.5. The SMILES string of the molecule is COc1ccc(NC(=O)c2ccc(NC3CCN(Cc4ccc(Oc5ccc(NS(C)(=O)=O)cc5)nc4)CC3)cc2)cc1. The number of pyridine rings is 1. The molecule has 3 aromatic carbocycles. The molecule has 1 aliphatic rings. The Balaban J connectivity index is 1.04. The number of hydrogen-bond donors (Lipinski definition) is 3. The Morgan fingerprint density at radius 2 is 1.49 bits per heavy atom. The van der Waals surface area contributed by atoms with Gasteiger partial charge in [0.1, 0.15) is 11.5 Å². The van der Waals surface area contributed by atoms with Crippen LogP contribution in [-0.2, 0) is 16.6 Å². The second-order valence-corrected chi connectivity index (χ2v) is 12.2. The number of carbonyl (C=O) groups is 1. The number of carbonyl (C=O) groups excluding carboxylic acids is 1. The molecular weight excluding hydrogens is 566 g/mol. The first-order chi connectivity index (χ1) is 20.7. The van der Waals surface area contributed by atoms with Crippen LogP contribution >= 0.6 is 0 Å². The Kier molecular flexibility index (Phi) is 9.43. The van der Waals surface area contributed by atoms with Crippen molar-refractivity contribution in [3.05, 3.63) is 102 Å². The average Bonchev–Trinajstić information content (AvgIpc) is 3.00. The van der Waals surface area contributed by atoms with E-state index in [0.717, 1.165) is 55.7 Å². The second-order valence-electron chi connectivity index (χ2n) is 10.5. The molecule has 1 aliphatic heterocycles. The predicted molar refractivity (Wildman–Crippen MR) is 169 cm³/mol. The molecule has 43 heavy (non-hydrogen) atoms. The molecular formula is C32H35N5O5S. The molecule has 0 atom stereocenters. The Labute approximate surface area is 252 Å². The molecule has 11 heteroatoms. The van der Waals surface area contributed by atoms with Gasteiger partial charge in [-0.15, -0.1) is 0 Å². The zero-order valence-corrected chi connectivity index (χ0v) is 24.9. The van der Waals surface area contributed by atoms with Gasteiger partial charge in [0.2, 0.25) is 15.9 Å². The van der Waals surface area contributed by atoms with Gasteiger partial charge >= 0.3 is 0 Å². The number of ether oxygens (including phenoxy) is 2. The van der Waals surface area contributed by atoms with E-state index < -0.39 is 10.0 Å². The van der Waals surface area contributed by atoms with E-state index in [-0.39, 0.29) is 5.91 Å². The zero-order valence-electron chi connectivity index (χ0n) is 24.1. The maximum Gasteiger partial charge on any atom is 0.255 e. The zero-order chi connectivity index (χ0) is 30.2. The van der Waals surface area contributed by atoms with Gasteiger partial charge in [-0.05, 0) is 91.2 Å². The third kappa shape index (κ3) is 8.94. The number of nitrogens with zero attached hydrogens (tertiary/aromatic N) is 2. The molecule has 3 N–H and O–H groups in total. The van der Waals surface area contributed by atoms with E-state index in [2.05, 4.69) is 25.2 Å². The number of aromatic nitrogens is 1. The highest BCUT2D eigenvalue weighted by atomic mass is 32.2. The van der Waals surface area contributed by atoms with Crippen molar-refractivity contribution in [3.63, 3.8) is 0 Å². The van der Waals surface area contributed by atoms with Crippen molar-refractivity contribution in [1.29, 1.82) is 0 Å². The lowest BCUT2D eigenvalue weighted by Crippen LogP contribution is -2.38. The fraction of sp³-hybridized carbons (Fsp3) is 0.250. The minimum absolute atomic E-state index is 0.155. The van der Waals surface area contributed by atoms with Gasteiger partial charge in [0.15, 0.2) is 0 Å². The summed E-state index contributed by atoms with van der Waals surface area (Å²) in [5, 5.41) is 6.51. The highest BCUT2D eigenvalue weighted by molar-refractivity contribution is 7.92. The summed E-state index contributed by atoms with van der Waals surface area (Å²) in [6.45, 7) is 2.74. The maximum absolute atomic E-state index is 12.6. The number of nitrogens with one attached hydrogen (secondary N) is 3. The van der Waals surface area contributed by atoms with Crippen molar-refractivity contribution in [1.82, 2.24) is 9.88 Å². The Morgan fingerprint density at radius 3 is 2.09 bits per heavy atom. The number of rotatable bonds is 11. The summed E-state index contributed by atoms with van der Waals surface area (Å²) in [6.07, 6.45) is 4.96. The first-order valence-electron chi connectivity index (χ1n) is 14.0. The van der Waals surface area contributed by atoms with E-state index in [4.69, 9.17) is 9.47 Å². The van der Waals surface area contributed by atoms with E-state index in [0.29, 0.717) is 34.6 Å². The monoisotopic (exact) mass is 601 g/mol. The van der Waals surface area contributed by atoms with Crippen LogP contribution in [-0.4, -0.2) is 56.7 Å². The van der Waals surface area contributed by atoms with Crippen LogP contribution in [0.25, 0.3) is 0 Å². The van der Waals surface area contributed by atoms with Gasteiger partial charge in [-0.1, -0.05) is 6.07 Å². The molecule has 0 saturated carbocycles. The van der Waals surface area contributed by atoms with E-state index in [1.807, 2.05) is 66.9 Å². The first-order valence-corrected chi connectivity index (χ1v) is 15.9. The van der Waals surface area contributed by atoms with Gasteiger partial charge < -0.3 is 20.1 Å². The molecule has 0 aliphatic carbocycles. The molecule has 0 unspecified atom stereocenters. The lowest BCUT2D eigenvalue weighted by Gasteiger charge is -2.32. The number of likely N-dealkylation sites (tertiary alicyclic amines) is 1. The van der Waals surface area contributed by atoms with Crippen LogP contribution in [0.15, 0.2) is 91.1 Å². The van der Waals surface area contributed by atoms with Crippen LogP contribution in [0.4, 0.5) is 17.1 Å². The molecule has 4 aromatic rings. The highest BCUT2D eigenvalue weighted by Crippen LogP contribution is 2.24. The third-order valence-corrected chi connectivity index (χ3v) is 7.64. The molecule has 0 spiro atoms.